The lowest BCUT2D eigenvalue weighted by Gasteiger charge is -2.41. The van der Waals surface area contributed by atoms with Crippen LogP contribution in [0.4, 0.5) is 0 Å². The van der Waals surface area contributed by atoms with Crippen LogP contribution in [0.25, 0.3) is 0 Å². The number of amides is 1. The van der Waals surface area contributed by atoms with E-state index in [1.54, 1.807) is 0 Å². The largest absolute Gasteiger partial charge is 0.490 e. The number of carbonyl (C=O) groups excluding carboxylic acids is 1. The van der Waals surface area contributed by atoms with Gasteiger partial charge in [-0.25, -0.2) is 5.43 Å². The standard InChI is InChI=1S/C21H29N3O2/c1-21(2)14-19(22-23-20(21)25)15-6-8-17(9-7-15)26-18-10-12-24(13-11-18)16-4-3-5-16/h6-9,16,18H,3-5,10-14H2,1-2H3,(H,23,25). The van der Waals surface area contributed by atoms with Crippen LogP contribution in [0.2, 0.25) is 0 Å². The summed E-state index contributed by atoms with van der Waals surface area (Å²) in [5.74, 6) is 0.907. The molecule has 1 aromatic rings. The van der Waals surface area contributed by atoms with Gasteiger partial charge in [0.25, 0.3) is 0 Å². The van der Waals surface area contributed by atoms with Crippen molar-refractivity contribution in [3.8, 4) is 5.75 Å². The Balaban J connectivity index is 1.33. The van der Waals surface area contributed by atoms with E-state index in [0.29, 0.717) is 12.5 Å². The highest BCUT2D eigenvalue weighted by molar-refractivity contribution is 6.05. The SMILES string of the molecule is CC1(C)CC(c2ccc(OC3CCN(C4CCC4)CC3)cc2)=NNC1=O. The zero-order valence-electron chi connectivity index (χ0n) is 15.8. The lowest BCUT2D eigenvalue weighted by Crippen LogP contribution is -2.46. The molecule has 1 N–H and O–H groups in total. The van der Waals surface area contributed by atoms with E-state index in [4.69, 9.17) is 4.74 Å². The number of benzene rings is 1. The number of likely N-dealkylation sites (tertiary alicyclic amines) is 1. The number of rotatable bonds is 4. The van der Waals surface area contributed by atoms with Crippen LogP contribution in [0.3, 0.4) is 0 Å². The Morgan fingerprint density at radius 1 is 1.12 bits per heavy atom. The highest BCUT2D eigenvalue weighted by Gasteiger charge is 2.33. The molecule has 5 nitrogen and oxygen atoms in total. The first kappa shape index (κ1) is 17.5. The molecule has 0 unspecified atom stereocenters. The second-order valence-corrected chi connectivity index (χ2v) is 8.52. The van der Waals surface area contributed by atoms with Gasteiger partial charge in [-0.2, -0.15) is 5.10 Å². The van der Waals surface area contributed by atoms with Gasteiger partial charge in [0.2, 0.25) is 5.91 Å². The van der Waals surface area contributed by atoms with Crippen LogP contribution in [0.1, 0.15) is 57.9 Å². The fourth-order valence-corrected chi connectivity index (χ4v) is 4.00. The molecule has 0 bridgehead atoms. The summed E-state index contributed by atoms with van der Waals surface area (Å²) in [7, 11) is 0. The molecule has 2 heterocycles. The predicted octanol–water partition coefficient (Wildman–Crippen LogP) is 3.33. The Bertz CT molecular complexity index is 684. The van der Waals surface area contributed by atoms with Crippen LogP contribution in [-0.4, -0.2) is 41.8 Å². The zero-order chi connectivity index (χ0) is 18.1. The van der Waals surface area contributed by atoms with Gasteiger partial charge in [-0.3, -0.25) is 4.79 Å². The number of nitrogens with one attached hydrogen (secondary N) is 1. The highest BCUT2D eigenvalue weighted by Crippen LogP contribution is 2.29. The fraction of sp³-hybridized carbons (Fsp3) is 0.619. The summed E-state index contributed by atoms with van der Waals surface area (Å²) >= 11 is 0. The number of hydrogen-bond acceptors (Lipinski definition) is 4. The van der Waals surface area contributed by atoms with Gasteiger partial charge in [-0.1, -0.05) is 20.3 Å². The Morgan fingerprint density at radius 2 is 1.81 bits per heavy atom. The summed E-state index contributed by atoms with van der Waals surface area (Å²) in [5.41, 5.74) is 4.19. The molecule has 140 valence electrons. The summed E-state index contributed by atoms with van der Waals surface area (Å²) in [4.78, 5) is 14.5. The second-order valence-electron chi connectivity index (χ2n) is 8.52. The third-order valence-corrected chi connectivity index (χ3v) is 6.07. The molecule has 2 fully saturated rings. The molecule has 1 aromatic carbocycles. The molecule has 1 amide bonds. The van der Waals surface area contributed by atoms with Gasteiger partial charge in [0.15, 0.2) is 0 Å². The normalized spacial score (nSPS) is 24.5. The molecular formula is C21H29N3O2. The number of piperidine rings is 1. The zero-order valence-corrected chi connectivity index (χ0v) is 15.8. The van der Waals surface area contributed by atoms with Crippen molar-refractivity contribution in [2.24, 2.45) is 10.5 Å². The Morgan fingerprint density at radius 3 is 2.38 bits per heavy atom. The van der Waals surface area contributed by atoms with E-state index in [-0.39, 0.29) is 5.91 Å². The molecular weight excluding hydrogens is 326 g/mol. The first-order valence-electron chi connectivity index (χ1n) is 9.89. The van der Waals surface area contributed by atoms with Gasteiger partial charge in [0.1, 0.15) is 11.9 Å². The number of carbonyl (C=O) groups is 1. The second kappa shape index (κ2) is 7.03. The van der Waals surface area contributed by atoms with E-state index in [2.05, 4.69) is 15.4 Å². The Hall–Kier alpha value is -1.88. The molecule has 0 radical (unpaired) electrons. The number of nitrogens with zero attached hydrogens (tertiary/aromatic N) is 2. The van der Waals surface area contributed by atoms with Crippen molar-refractivity contribution in [2.45, 2.75) is 64.5 Å². The van der Waals surface area contributed by atoms with Gasteiger partial charge in [-0.15, -0.1) is 0 Å². The minimum Gasteiger partial charge on any atom is -0.490 e. The third-order valence-electron chi connectivity index (χ3n) is 6.07. The molecule has 3 aliphatic rings. The minimum atomic E-state index is -0.416. The van der Waals surface area contributed by atoms with Crippen molar-refractivity contribution in [1.82, 2.24) is 10.3 Å². The summed E-state index contributed by atoms with van der Waals surface area (Å²) in [6.45, 7) is 6.23. The van der Waals surface area contributed by atoms with E-state index in [1.165, 1.54) is 32.4 Å². The quantitative estimate of drug-likeness (QED) is 0.901. The van der Waals surface area contributed by atoms with Gasteiger partial charge < -0.3 is 9.64 Å². The topological polar surface area (TPSA) is 53.9 Å². The van der Waals surface area contributed by atoms with Crippen LogP contribution >= 0.6 is 0 Å². The maximum absolute atomic E-state index is 11.8. The fourth-order valence-electron chi connectivity index (χ4n) is 4.00. The smallest absolute Gasteiger partial charge is 0.246 e. The lowest BCUT2D eigenvalue weighted by atomic mass is 9.83. The summed E-state index contributed by atoms with van der Waals surface area (Å²) in [5, 5.41) is 4.23. The van der Waals surface area contributed by atoms with E-state index in [0.717, 1.165) is 35.9 Å². The van der Waals surface area contributed by atoms with Crippen molar-refractivity contribution in [3.05, 3.63) is 29.8 Å². The van der Waals surface area contributed by atoms with E-state index in [1.807, 2.05) is 38.1 Å². The maximum Gasteiger partial charge on any atom is 0.246 e. The molecule has 1 saturated carbocycles. The first-order valence-corrected chi connectivity index (χ1v) is 9.89. The molecule has 5 heteroatoms. The summed E-state index contributed by atoms with van der Waals surface area (Å²) in [6, 6.07) is 8.99. The Kier molecular flexibility index (Phi) is 4.74. The molecule has 2 aliphatic heterocycles. The molecule has 4 rings (SSSR count). The monoisotopic (exact) mass is 355 g/mol. The van der Waals surface area contributed by atoms with Crippen molar-refractivity contribution >= 4 is 11.6 Å². The molecule has 1 aliphatic carbocycles. The molecule has 1 saturated heterocycles. The molecule has 0 spiro atoms. The van der Waals surface area contributed by atoms with Crippen molar-refractivity contribution in [3.63, 3.8) is 0 Å². The highest BCUT2D eigenvalue weighted by atomic mass is 16.5. The average Bonchev–Trinajstić information content (AvgIpc) is 2.58. The summed E-state index contributed by atoms with van der Waals surface area (Å²) < 4.78 is 6.20. The lowest BCUT2D eigenvalue weighted by molar-refractivity contribution is -0.129. The third kappa shape index (κ3) is 3.63. The van der Waals surface area contributed by atoms with Crippen LogP contribution < -0.4 is 10.2 Å². The maximum atomic E-state index is 11.8. The number of hydrogen-bond donors (Lipinski definition) is 1. The molecule has 26 heavy (non-hydrogen) atoms. The first-order chi connectivity index (χ1) is 12.5. The van der Waals surface area contributed by atoms with Gasteiger partial charge in [0, 0.05) is 25.6 Å². The number of hydrazone groups is 1. The van der Waals surface area contributed by atoms with Crippen LogP contribution in [0, 0.1) is 5.41 Å². The average molecular weight is 355 g/mol. The van der Waals surface area contributed by atoms with E-state index >= 15 is 0 Å². The van der Waals surface area contributed by atoms with E-state index in [9.17, 15) is 4.79 Å². The molecule has 0 aromatic heterocycles. The number of ether oxygens (including phenoxy) is 1. The van der Waals surface area contributed by atoms with Crippen LogP contribution in [0.5, 0.6) is 5.75 Å². The van der Waals surface area contributed by atoms with Crippen molar-refractivity contribution in [1.29, 1.82) is 0 Å². The Labute approximate surface area is 155 Å². The van der Waals surface area contributed by atoms with Gasteiger partial charge in [-0.05, 0) is 55.5 Å². The predicted molar refractivity (Wildman–Crippen MR) is 102 cm³/mol. The van der Waals surface area contributed by atoms with Gasteiger partial charge >= 0.3 is 0 Å². The van der Waals surface area contributed by atoms with Crippen molar-refractivity contribution in [2.75, 3.05) is 13.1 Å². The van der Waals surface area contributed by atoms with Crippen molar-refractivity contribution < 1.29 is 9.53 Å². The minimum absolute atomic E-state index is 0.0190. The van der Waals surface area contributed by atoms with Crippen LogP contribution in [-0.2, 0) is 4.79 Å². The molecule has 0 atom stereocenters. The summed E-state index contributed by atoms with van der Waals surface area (Å²) in [6.07, 6.45) is 7.37. The van der Waals surface area contributed by atoms with E-state index < -0.39 is 5.41 Å². The van der Waals surface area contributed by atoms with Crippen LogP contribution in [0.15, 0.2) is 29.4 Å². The van der Waals surface area contributed by atoms with Gasteiger partial charge in [0.05, 0.1) is 11.1 Å².